The smallest absolute Gasteiger partial charge is 0.307 e. The zero-order valence-corrected chi connectivity index (χ0v) is 21.2. The Morgan fingerprint density at radius 1 is 1.09 bits per heavy atom. The summed E-state index contributed by atoms with van der Waals surface area (Å²) in [6.07, 6.45) is 1.51. The van der Waals surface area contributed by atoms with Crippen molar-refractivity contribution in [3.05, 3.63) is 91.5 Å². The number of methoxy groups -OCH3 is 1. The Morgan fingerprint density at radius 2 is 1.88 bits per heavy atom. The van der Waals surface area contributed by atoms with Crippen LogP contribution in [0.1, 0.15) is 21.7 Å². The van der Waals surface area contributed by atoms with E-state index < -0.39 is 5.91 Å². The number of halogens is 3. The monoisotopic (exact) mass is 590 g/mol. The highest BCUT2D eigenvalue weighted by atomic mass is 79.9. The number of benzene rings is 3. The van der Waals surface area contributed by atoms with Crippen molar-refractivity contribution in [2.24, 2.45) is 5.10 Å². The van der Waals surface area contributed by atoms with Gasteiger partial charge in [-0.1, -0.05) is 39.7 Å². The second kappa shape index (κ2) is 10.4. The van der Waals surface area contributed by atoms with Crippen LogP contribution in [0.3, 0.4) is 0 Å². The summed E-state index contributed by atoms with van der Waals surface area (Å²) in [5.41, 5.74) is 4.76. The molecule has 0 bridgehead atoms. The molecule has 0 aliphatic heterocycles. The SMILES string of the molecule is COc1cc(/C=N/NC(=O)c2cc3cc(Br)ccc3o2)c(Br)cc1OCc1ccc(Cl)cc1. The first kappa shape index (κ1) is 23.4. The molecular weight excluding hydrogens is 576 g/mol. The summed E-state index contributed by atoms with van der Waals surface area (Å²) >= 11 is 12.8. The van der Waals surface area contributed by atoms with Gasteiger partial charge in [-0.25, -0.2) is 5.43 Å². The van der Waals surface area contributed by atoms with Crippen LogP contribution < -0.4 is 14.9 Å². The Labute approximate surface area is 211 Å². The first-order valence-corrected chi connectivity index (χ1v) is 11.7. The van der Waals surface area contributed by atoms with Crippen LogP contribution in [0.4, 0.5) is 0 Å². The van der Waals surface area contributed by atoms with Crippen LogP contribution in [-0.4, -0.2) is 19.2 Å². The molecule has 1 aromatic heterocycles. The molecule has 1 heterocycles. The van der Waals surface area contributed by atoms with Crippen molar-refractivity contribution in [3.8, 4) is 11.5 Å². The van der Waals surface area contributed by atoms with E-state index in [9.17, 15) is 4.79 Å². The van der Waals surface area contributed by atoms with Gasteiger partial charge in [-0.05, 0) is 70.0 Å². The molecule has 0 atom stereocenters. The van der Waals surface area contributed by atoms with Crippen LogP contribution in [0.15, 0.2) is 79.1 Å². The molecule has 0 unspecified atom stereocenters. The molecular formula is C24H17Br2ClN2O4. The number of amides is 1. The lowest BCUT2D eigenvalue weighted by Crippen LogP contribution is -2.16. The van der Waals surface area contributed by atoms with Gasteiger partial charge in [0.05, 0.1) is 13.3 Å². The molecule has 6 nitrogen and oxygen atoms in total. The maximum Gasteiger partial charge on any atom is 0.307 e. The van der Waals surface area contributed by atoms with Gasteiger partial charge in [0.1, 0.15) is 12.2 Å². The highest BCUT2D eigenvalue weighted by Crippen LogP contribution is 2.33. The molecule has 0 fully saturated rings. The molecule has 0 spiro atoms. The summed E-state index contributed by atoms with van der Waals surface area (Å²) < 4.78 is 18.6. The summed E-state index contributed by atoms with van der Waals surface area (Å²) in [5.74, 6) is 0.809. The lowest BCUT2D eigenvalue weighted by molar-refractivity contribution is 0.0929. The second-order valence-corrected chi connectivity index (χ2v) is 9.14. The Balaban J connectivity index is 1.44. The van der Waals surface area contributed by atoms with Gasteiger partial charge in [0, 0.05) is 24.9 Å². The lowest BCUT2D eigenvalue weighted by Gasteiger charge is -2.13. The molecule has 9 heteroatoms. The molecule has 33 heavy (non-hydrogen) atoms. The van der Waals surface area contributed by atoms with Crippen molar-refractivity contribution in [1.82, 2.24) is 5.43 Å². The van der Waals surface area contributed by atoms with E-state index in [1.807, 2.05) is 36.4 Å². The first-order chi connectivity index (χ1) is 15.9. The van der Waals surface area contributed by atoms with E-state index in [0.29, 0.717) is 34.3 Å². The summed E-state index contributed by atoms with van der Waals surface area (Å²) in [4.78, 5) is 12.4. The van der Waals surface area contributed by atoms with E-state index in [1.165, 1.54) is 6.21 Å². The average molecular weight is 593 g/mol. The van der Waals surface area contributed by atoms with Crippen molar-refractivity contribution in [1.29, 1.82) is 0 Å². The van der Waals surface area contributed by atoms with Gasteiger partial charge in [0.25, 0.3) is 0 Å². The zero-order valence-electron chi connectivity index (χ0n) is 17.3. The van der Waals surface area contributed by atoms with E-state index in [4.69, 9.17) is 25.5 Å². The van der Waals surface area contributed by atoms with E-state index in [-0.39, 0.29) is 5.76 Å². The van der Waals surface area contributed by atoms with Gasteiger partial charge in [0.15, 0.2) is 17.3 Å². The molecule has 4 rings (SSSR count). The van der Waals surface area contributed by atoms with Crippen molar-refractivity contribution in [2.45, 2.75) is 6.61 Å². The predicted octanol–water partition coefficient (Wildman–Crippen LogP) is 6.96. The number of ether oxygens (including phenoxy) is 2. The number of hydrazone groups is 1. The van der Waals surface area contributed by atoms with Crippen LogP contribution >= 0.6 is 43.5 Å². The number of furan rings is 1. The Bertz CT molecular complexity index is 1340. The van der Waals surface area contributed by atoms with Gasteiger partial charge in [-0.3, -0.25) is 4.79 Å². The van der Waals surface area contributed by atoms with Crippen molar-refractivity contribution in [3.63, 3.8) is 0 Å². The van der Waals surface area contributed by atoms with Gasteiger partial charge in [-0.15, -0.1) is 0 Å². The van der Waals surface area contributed by atoms with Crippen molar-refractivity contribution >= 4 is 66.6 Å². The van der Waals surface area contributed by atoms with Crippen LogP contribution in [-0.2, 0) is 6.61 Å². The fourth-order valence-corrected chi connectivity index (χ4v) is 3.94. The molecule has 1 N–H and O–H groups in total. The second-order valence-electron chi connectivity index (χ2n) is 6.93. The molecule has 0 aliphatic carbocycles. The standard InChI is InChI=1S/C24H17Br2ClN2O4/c1-31-21-10-16(19(26)11-22(21)32-13-14-2-5-18(27)6-3-14)12-28-29-24(30)23-9-15-8-17(25)4-7-20(15)33-23/h2-12H,13H2,1H3,(H,29,30)/b28-12+. The quantitative estimate of drug-likeness (QED) is 0.186. The van der Waals surface area contributed by atoms with Crippen LogP contribution in [0, 0.1) is 0 Å². The van der Waals surface area contributed by atoms with E-state index in [1.54, 1.807) is 31.4 Å². The molecule has 0 saturated carbocycles. The topological polar surface area (TPSA) is 73.1 Å². The van der Waals surface area contributed by atoms with Gasteiger partial charge < -0.3 is 13.9 Å². The normalized spacial score (nSPS) is 11.2. The lowest BCUT2D eigenvalue weighted by atomic mass is 10.2. The number of hydrogen-bond acceptors (Lipinski definition) is 5. The number of nitrogens with one attached hydrogen (secondary N) is 1. The zero-order chi connectivity index (χ0) is 23.4. The van der Waals surface area contributed by atoms with E-state index >= 15 is 0 Å². The third kappa shape index (κ3) is 5.76. The summed E-state index contributed by atoms with van der Waals surface area (Å²) in [5, 5.41) is 5.53. The third-order valence-electron chi connectivity index (χ3n) is 4.66. The minimum atomic E-state index is -0.454. The van der Waals surface area contributed by atoms with Crippen LogP contribution in [0.2, 0.25) is 5.02 Å². The number of nitrogens with zero attached hydrogens (tertiary/aromatic N) is 1. The fourth-order valence-electron chi connectivity index (χ4n) is 3.01. The van der Waals surface area contributed by atoms with Crippen molar-refractivity contribution < 1.29 is 18.7 Å². The van der Waals surface area contributed by atoms with Gasteiger partial charge in [-0.2, -0.15) is 5.10 Å². The molecule has 0 radical (unpaired) electrons. The Hall–Kier alpha value is -2.81. The van der Waals surface area contributed by atoms with Gasteiger partial charge >= 0.3 is 5.91 Å². The highest BCUT2D eigenvalue weighted by molar-refractivity contribution is 9.10. The fraction of sp³-hybridized carbons (Fsp3) is 0.0833. The largest absolute Gasteiger partial charge is 0.493 e. The maximum absolute atomic E-state index is 12.4. The maximum atomic E-state index is 12.4. The first-order valence-electron chi connectivity index (χ1n) is 9.70. The molecule has 4 aromatic rings. The summed E-state index contributed by atoms with van der Waals surface area (Å²) in [6, 6.07) is 18.1. The molecule has 3 aromatic carbocycles. The van der Waals surface area contributed by atoms with Gasteiger partial charge in [0.2, 0.25) is 0 Å². The Kier molecular flexibility index (Phi) is 7.37. The van der Waals surface area contributed by atoms with Crippen LogP contribution in [0.5, 0.6) is 11.5 Å². The molecule has 0 aliphatic rings. The third-order valence-corrected chi connectivity index (χ3v) is 6.09. The van der Waals surface area contributed by atoms with Crippen LogP contribution in [0.25, 0.3) is 11.0 Å². The minimum Gasteiger partial charge on any atom is -0.493 e. The highest BCUT2D eigenvalue weighted by Gasteiger charge is 2.13. The average Bonchev–Trinajstić information content (AvgIpc) is 3.23. The molecule has 1 amide bonds. The number of fused-ring (bicyclic) bond motifs is 1. The Morgan fingerprint density at radius 3 is 2.64 bits per heavy atom. The number of rotatable bonds is 7. The number of carbonyl (C=O) groups is 1. The molecule has 168 valence electrons. The van der Waals surface area contributed by atoms with E-state index in [2.05, 4.69) is 42.4 Å². The number of carbonyl (C=O) groups excluding carboxylic acids is 1. The predicted molar refractivity (Wildman–Crippen MR) is 135 cm³/mol. The van der Waals surface area contributed by atoms with Crippen molar-refractivity contribution in [2.75, 3.05) is 7.11 Å². The van der Waals surface area contributed by atoms with E-state index in [0.717, 1.165) is 19.9 Å². The number of hydrogen-bond donors (Lipinski definition) is 1. The summed E-state index contributed by atoms with van der Waals surface area (Å²) in [6.45, 7) is 0.359. The minimum absolute atomic E-state index is 0.169. The molecule has 0 saturated heterocycles. The summed E-state index contributed by atoms with van der Waals surface area (Å²) in [7, 11) is 1.56.